The average molecular weight is 724 g/mol. The topological polar surface area (TPSA) is 146 Å². The summed E-state index contributed by atoms with van der Waals surface area (Å²) in [5, 5.41) is 17.1. The third-order valence-electron chi connectivity index (χ3n) is 7.74. The molecule has 5 rings (SSSR count). The van der Waals surface area contributed by atoms with Gasteiger partial charge < -0.3 is 25.2 Å². The molecule has 15 heteroatoms. The van der Waals surface area contributed by atoms with Gasteiger partial charge >= 0.3 is 0 Å². The van der Waals surface area contributed by atoms with Crippen LogP contribution in [0.1, 0.15) is 24.5 Å². The van der Waals surface area contributed by atoms with Crippen LogP contribution in [0.2, 0.25) is 10.0 Å². The maximum absolute atomic E-state index is 13.8. The highest BCUT2D eigenvalue weighted by molar-refractivity contribution is 7.97. The van der Waals surface area contributed by atoms with Crippen molar-refractivity contribution in [3.8, 4) is 11.5 Å². The fraction of sp³-hybridized carbons (Fsp3) is 0.375. The molecule has 0 fully saturated rings. The van der Waals surface area contributed by atoms with Crippen molar-refractivity contribution in [1.29, 1.82) is 0 Å². The fourth-order valence-electron chi connectivity index (χ4n) is 5.27. The molecule has 2 aliphatic heterocycles. The Balaban J connectivity index is 1.21. The number of hydrogen-bond acceptors (Lipinski definition) is 9. The Bertz CT molecular complexity index is 1700. The van der Waals surface area contributed by atoms with Crippen molar-refractivity contribution in [2.45, 2.75) is 54.2 Å². The van der Waals surface area contributed by atoms with Crippen molar-refractivity contribution in [1.82, 2.24) is 19.7 Å². The van der Waals surface area contributed by atoms with E-state index in [-0.39, 0.29) is 46.8 Å². The summed E-state index contributed by atoms with van der Waals surface area (Å²) in [5.74, 6) is 0.334. The van der Waals surface area contributed by atoms with Crippen molar-refractivity contribution in [2.75, 3.05) is 32.8 Å². The average Bonchev–Trinajstić information content (AvgIpc) is 3.07. The summed E-state index contributed by atoms with van der Waals surface area (Å²) < 4.78 is 41.1. The second kappa shape index (κ2) is 15.9. The van der Waals surface area contributed by atoms with E-state index in [0.29, 0.717) is 37.7 Å². The van der Waals surface area contributed by atoms with Crippen LogP contribution in [0.5, 0.6) is 11.5 Å². The van der Waals surface area contributed by atoms with Gasteiger partial charge in [-0.1, -0.05) is 60.5 Å². The molecule has 3 aromatic carbocycles. The Labute approximate surface area is 288 Å². The molecule has 2 heterocycles. The Morgan fingerprint density at radius 1 is 1.02 bits per heavy atom. The number of aliphatic hydroxyl groups excluding tert-OH is 1. The molecule has 0 saturated carbocycles. The second-order valence-electron chi connectivity index (χ2n) is 11.0. The largest absolute Gasteiger partial charge is 0.486 e. The number of nitrogens with one attached hydrogen (secondary N) is 3. The molecule has 2 unspecified atom stereocenters. The molecular weight excluding hydrogens is 687 g/mol. The maximum Gasteiger partial charge on any atom is 0.251 e. The minimum atomic E-state index is -3.84. The number of likely N-dealkylation sites (N-methyl/N-ethyl adjacent to an activating group) is 1. The summed E-state index contributed by atoms with van der Waals surface area (Å²) in [4.78, 5) is 27.8. The number of sulfonamides is 1. The predicted molar refractivity (Wildman–Crippen MR) is 181 cm³/mol. The van der Waals surface area contributed by atoms with Gasteiger partial charge in [-0.3, -0.25) is 9.59 Å². The zero-order chi connectivity index (χ0) is 33.6. The van der Waals surface area contributed by atoms with Crippen molar-refractivity contribution in [3.05, 3.63) is 81.8 Å². The molecule has 0 saturated heterocycles. The van der Waals surface area contributed by atoms with E-state index >= 15 is 0 Å². The summed E-state index contributed by atoms with van der Waals surface area (Å²) in [6.45, 7) is 3.59. The first-order chi connectivity index (χ1) is 22.6. The Kier molecular flexibility index (Phi) is 11.9. The molecule has 4 N–H and O–H groups in total. The van der Waals surface area contributed by atoms with Crippen LogP contribution in [0.4, 0.5) is 0 Å². The number of nitrogens with zero attached hydrogens (tertiary/aromatic N) is 1. The van der Waals surface area contributed by atoms with Gasteiger partial charge in [0, 0.05) is 24.5 Å². The highest BCUT2D eigenvalue weighted by Gasteiger charge is 2.36. The van der Waals surface area contributed by atoms with Gasteiger partial charge in [0.1, 0.15) is 19.3 Å². The number of carbonyl (C=O) groups is 2. The minimum absolute atomic E-state index is 0.0250. The van der Waals surface area contributed by atoms with Gasteiger partial charge in [-0.25, -0.2) is 17.4 Å². The van der Waals surface area contributed by atoms with Crippen molar-refractivity contribution < 1.29 is 32.6 Å². The number of benzene rings is 3. The van der Waals surface area contributed by atoms with E-state index < -0.39 is 34.1 Å². The number of amides is 2. The van der Waals surface area contributed by atoms with Crippen LogP contribution in [-0.2, 0) is 32.5 Å². The van der Waals surface area contributed by atoms with Gasteiger partial charge in [-0.2, -0.15) is 0 Å². The third-order valence-corrected chi connectivity index (χ3v) is 11.3. The van der Waals surface area contributed by atoms with Crippen LogP contribution in [0.25, 0.3) is 0 Å². The summed E-state index contributed by atoms with van der Waals surface area (Å²) in [7, 11) is -3.84. The summed E-state index contributed by atoms with van der Waals surface area (Å²) >= 11 is 13.3. The van der Waals surface area contributed by atoms with E-state index in [2.05, 4.69) is 15.4 Å². The van der Waals surface area contributed by atoms with E-state index in [0.717, 1.165) is 16.0 Å². The summed E-state index contributed by atoms with van der Waals surface area (Å²) in [5.41, 5.74) is 1.79. The molecule has 11 nitrogen and oxygen atoms in total. The van der Waals surface area contributed by atoms with E-state index in [1.807, 2.05) is 53.7 Å². The highest BCUT2D eigenvalue weighted by Crippen LogP contribution is 2.42. The Hall–Kier alpha value is -3.04. The minimum Gasteiger partial charge on any atom is -0.486 e. The molecule has 0 spiro atoms. The van der Waals surface area contributed by atoms with Gasteiger partial charge in [-0.15, -0.1) is 0 Å². The number of fused-ring (bicyclic) bond motifs is 2. The molecule has 252 valence electrons. The van der Waals surface area contributed by atoms with Crippen LogP contribution >= 0.6 is 35.1 Å². The van der Waals surface area contributed by atoms with Gasteiger partial charge in [0.15, 0.2) is 17.6 Å². The monoisotopic (exact) mass is 722 g/mol. The first-order valence-corrected chi connectivity index (χ1v) is 18.2. The van der Waals surface area contributed by atoms with Gasteiger partial charge in [0.2, 0.25) is 15.9 Å². The van der Waals surface area contributed by atoms with Crippen molar-refractivity contribution >= 4 is 57.0 Å². The molecule has 0 aliphatic carbocycles. The lowest BCUT2D eigenvalue weighted by Gasteiger charge is -2.36. The molecule has 0 aromatic heterocycles. The number of hydrogen-bond donors (Lipinski definition) is 4. The van der Waals surface area contributed by atoms with Crippen molar-refractivity contribution in [3.63, 3.8) is 0 Å². The normalized spacial score (nSPS) is 17.3. The molecule has 2 amide bonds. The third kappa shape index (κ3) is 8.91. The lowest BCUT2D eigenvalue weighted by atomic mass is 9.98. The second-order valence-corrected chi connectivity index (χ2v) is 14.7. The number of carbonyl (C=O) groups excluding carboxylic acids is 2. The van der Waals surface area contributed by atoms with Gasteiger partial charge in [-0.05, 0) is 72.7 Å². The van der Waals surface area contributed by atoms with Crippen LogP contribution in [0.15, 0.2) is 70.5 Å². The number of halogens is 2. The molecule has 3 atom stereocenters. The van der Waals surface area contributed by atoms with E-state index in [1.165, 1.54) is 30.1 Å². The van der Waals surface area contributed by atoms with E-state index in [4.69, 9.17) is 32.7 Å². The van der Waals surface area contributed by atoms with Crippen molar-refractivity contribution in [2.24, 2.45) is 0 Å². The van der Waals surface area contributed by atoms with E-state index in [1.54, 1.807) is 0 Å². The molecule has 0 radical (unpaired) electrons. The molecular formula is C32H36Cl2N4O7S2. The first kappa shape index (κ1) is 35.3. The zero-order valence-corrected chi connectivity index (χ0v) is 28.7. The molecule has 3 aromatic rings. The Morgan fingerprint density at radius 2 is 1.74 bits per heavy atom. The first-order valence-electron chi connectivity index (χ1n) is 15.2. The summed E-state index contributed by atoms with van der Waals surface area (Å²) in [6, 6.07) is 15.6. The van der Waals surface area contributed by atoms with Gasteiger partial charge in [0.25, 0.3) is 5.91 Å². The van der Waals surface area contributed by atoms with Gasteiger partial charge in [0.05, 0.1) is 21.0 Å². The molecule has 0 bridgehead atoms. The van der Waals surface area contributed by atoms with Crippen LogP contribution in [0, 0.1) is 0 Å². The Morgan fingerprint density at radius 3 is 2.45 bits per heavy atom. The predicted octanol–water partition coefficient (Wildman–Crippen LogP) is 3.59. The standard InChI is InChI=1S/C32H36Cl2N4O7S2/c1-2-38-26(16-21-17-27-28(19-29(21)46-38)45-14-13-44-27)31(40)37-25(15-20-7-4-3-5-8-20)30(39)32(41)35-11-6-12-36-47(42,43)22-9-10-23(33)24(34)18-22/h3-5,7-10,17-19,25-26,30,36,39H,2,6,11-16H2,1H3,(H,35,41)(H,37,40)/t25-,26?,30?/m0/s1. The maximum atomic E-state index is 13.8. The molecule has 2 aliphatic rings. The SMILES string of the molecule is CCN1Sc2cc3c(cc2CC1C(=O)N[C@@H](Cc1ccccc1)C(O)C(=O)NCCCNS(=O)(=O)c1ccc(Cl)c(Cl)c1)OCCO3. The number of aliphatic hydroxyl groups is 1. The van der Waals surface area contributed by atoms with Crippen LogP contribution in [-0.4, -0.2) is 80.7 Å². The highest BCUT2D eigenvalue weighted by atomic mass is 35.5. The zero-order valence-electron chi connectivity index (χ0n) is 25.6. The molecule has 47 heavy (non-hydrogen) atoms. The van der Waals surface area contributed by atoms with Crippen LogP contribution < -0.4 is 24.8 Å². The smallest absolute Gasteiger partial charge is 0.251 e. The van der Waals surface area contributed by atoms with Crippen LogP contribution in [0.3, 0.4) is 0 Å². The fourth-order valence-corrected chi connectivity index (χ4v) is 7.84. The van der Waals surface area contributed by atoms with E-state index in [9.17, 15) is 23.1 Å². The lowest BCUT2D eigenvalue weighted by Crippen LogP contribution is -2.56. The lowest BCUT2D eigenvalue weighted by molar-refractivity contribution is -0.133. The quantitative estimate of drug-likeness (QED) is 0.154. The number of ether oxygens (including phenoxy) is 2. The summed E-state index contributed by atoms with van der Waals surface area (Å²) in [6.07, 6.45) is -0.691. The number of rotatable bonds is 13.